The molecule has 7 nitrogen and oxygen atoms in total. The largest absolute Gasteiger partial charge is 0.493 e. The van der Waals surface area contributed by atoms with Crippen LogP contribution in [0.2, 0.25) is 0 Å². The van der Waals surface area contributed by atoms with Crippen LogP contribution in [0.5, 0.6) is 11.5 Å². The Morgan fingerprint density at radius 3 is 2.43 bits per heavy atom. The Balaban J connectivity index is 1.84. The van der Waals surface area contributed by atoms with Crippen molar-refractivity contribution >= 4 is 21.6 Å². The van der Waals surface area contributed by atoms with E-state index in [0.717, 1.165) is 0 Å². The zero-order chi connectivity index (χ0) is 20.3. The Labute approximate surface area is 163 Å². The number of nitrogens with zero attached hydrogens (tertiary/aromatic N) is 1. The smallest absolute Gasteiger partial charge is 0.243 e. The second-order valence-electron chi connectivity index (χ2n) is 6.29. The zero-order valence-corrected chi connectivity index (χ0v) is 16.3. The molecular weight excluding hydrogens is 387 g/mol. The molecule has 9 heteroatoms. The van der Waals surface area contributed by atoms with E-state index in [4.69, 9.17) is 9.47 Å². The van der Waals surface area contributed by atoms with Crippen molar-refractivity contribution in [2.45, 2.75) is 23.8 Å². The molecule has 150 valence electrons. The van der Waals surface area contributed by atoms with Gasteiger partial charge in [-0.25, -0.2) is 12.8 Å². The summed E-state index contributed by atoms with van der Waals surface area (Å²) in [6.45, 7) is 0.234. The van der Waals surface area contributed by atoms with Gasteiger partial charge in [0.05, 0.1) is 19.1 Å². The van der Waals surface area contributed by atoms with E-state index < -0.39 is 27.8 Å². The number of halogens is 1. The number of anilines is 1. The fourth-order valence-electron chi connectivity index (χ4n) is 3.16. The molecule has 1 aliphatic rings. The number of carbonyl (C=O) groups is 1. The van der Waals surface area contributed by atoms with Crippen molar-refractivity contribution < 1.29 is 27.1 Å². The predicted molar refractivity (Wildman–Crippen MR) is 101 cm³/mol. The second-order valence-corrected chi connectivity index (χ2v) is 8.18. The Morgan fingerprint density at radius 1 is 1.11 bits per heavy atom. The third-order valence-electron chi connectivity index (χ3n) is 4.58. The third kappa shape index (κ3) is 3.95. The number of benzene rings is 2. The predicted octanol–water partition coefficient (Wildman–Crippen LogP) is 2.63. The quantitative estimate of drug-likeness (QED) is 0.794. The maximum Gasteiger partial charge on any atom is 0.243 e. The van der Waals surface area contributed by atoms with E-state index in [9.17, 15) is 17.6 Å². The van der Waals surface area contributed by atoms with Gasteiger partial charge < -0.3 is 14.8 Å². The van der Waals surface area contributed by atoms with Gasteiger partial charge in [-0.2, -0.15) is 4.31 Å². The zero-order valence-electron chi connectivity index (χ0n) is 15.5. The molecule has 0 spiro atoms. The van der Waals surface area contributed by atoms with E-state index in [-0.39, 0.29) is 17.2 Å². The van der Waals surface area contributed by atoms with E-state index in [0.29, 0.717) is 24.3 Å². The molecule has 2 aromatic rings. The standard InChI is InChI=1S/C19H21FN2O5S/c1-26-17-10-9-15(12-18(17)27-2)28(24,25)22-11-3-4-16(22)19(23)21-14-7-5-13(20)6-8-14/h5-10,12,16H,3-4,11H2,1-2H3,(H,21,23). The summed E-state index contributed by atoms with van der Waals surface area (Å²) in [6.07, 6.45) is 0.966. The molecule has 0 radical (unpaired) electrons. The van der Waals surface area contributed by atoms with Crippen molar-refractivity contribution in [3.63, 3.8) is 0 Å². The number of carbonyl (C=O) groups excluding carboxylic acids is 1. The first-order valence-corrected chi connectivity index (χ1v) is 10.1. The molecule has 1 atom stereocenters. The second kappa shape index (κ2) is 8.15. The van der Waals surface area contributed by atoms with E-state index in [1.54, 1.807) is 0 Å². The first kappa shape index (κ1) is 20.1. The van der Waals surface area contributed by atoms with Crippen LogP contribution in [0.25, 0.3) is 0 Å². The molecule has 1 aliphatic heterocycles. The highest BCUT2D eigenvalue weighted by Crippen LogP contribution is 2.33. The molecule has 1 N–H and O–H groups in total. The van der Waals surface area contributed by atoms with Gasteiger partial charge in [-0.1, -0.05) is 0 Å². The minimum absolute atomic E-state index is 0.0200. The van der Waals surface area contributed by atoms with Crippen LogP contribution in [0, 0.1) is 5.82 Å². The maximum absolute atomic E-state index is 13.1. The lowest BCUT2D eigenvalue weighted by molar-refractivity contribution is -0.119. The van der Waals surface area contributed by atoms with Crippen LogP contribution >= 0.6 is 0 Å². The highest BCUT2D eigenvalue weighted by Gasteiger charge is 2.39. The Hall–Kier alpha value is -2.65. The van der Waals surface area contributed by atoms with E-state index >= 15 is 0 Å². The van der Waals surface area contributed by atoms with Crippen molar-refractivity contribution in [1.82, 2.24) is 4.31 Å². The minimum atomic E-state index is -3.91. The first-order valence-electron chi connectivity index (χ1n) is 8.67. The monoisotopic (exact) mass is 408 g/mol. The van der Waals surface area contributed by atoms with Crippen LogP contribution in [-0.4, -0.2) is 45.4 Å². The van der Waals surface area contributed by atoms with Crippen molar-refractivity contribution in [2.75, 3.05) is 26.1 Å². The number of amides is 1. The van der Waals surface area contributed by atoms with Crippen LogP contribution in [0.3, 0.4) is 0 Å². The van der Waals surface area contributed by atoms with Gasteiger partial charge in [-0.05, 0) is 49.2 Å². The summed E-state index contributed by atoms with van der Waals surface area (Å²) >= 11 is 0. The normalized spacial score (nSPS) is 17.3. The van der Waals surface area contributed by atoms with Crippen LogP contribution in [0.4, 0.5) is 10.1 Å². The molecule has 1 unspecified atom stereocenters. The maximum atomic E-state index is 13.1. The summed E-state index contributed by atoms with van der Waals surface area (Å²) in [4.78, 5) is 12.7. The number of nitrogens with one attached hydrogen (secondary N) is 1. The molecule has 3 rings (SSSR count). The molecule has 28 heavy (non-hydrogen) atoms. The first-order chi connectivity index (χ1) is 13.4. The van der Waals surface area contributed by atoms with Crippen molar-refractivity contribution in [1.29, 1.82) is 0 Å². The molecule has 0 aliphatic carbocycles. The topological polar surface area (TPSA) is 84.9 Å². The lowest BCUT2D eigenvalue weighted by Gasteiger charge is -2.24. The highest BCUT2D eigenvalue weighted by molar-refractivity contribution is 7.89. The average molecular weight is 408 g/mol. The minimum Gasteiger partial charge on any atom is -0.493 e. The fraction of sp³-hybridized carbons (Fsp3) is 0.316. The number of hydrogen-bond donors (Lipinski definition) is 1. The van der Waals surface area contributed by atoms with Crippen LogP contribution in [-0.2, 0) is 14.8 Å². The van der Waals surface area contributed by atoms with Gasteiger partial charge in [0.1, 0.15) is 11.9 Å². The van der Waals surface area contributed by atoms with Gasteiger partial charge >= 0.3 is 0 Å². The molecule has 0 saturated carbocycles. The van der Waals surface area contributed by atoms with Crippen LogP contribution in [0.1, 0.15) is 12.8 Å². The number of rotatable bonds is 6. The van der Waals surface area contributed by atoms with Gasteiger partial charge in [0, 0.05) is 18.3 Å². The summed E-state index contributed by atoms with van der Waals surface area (Å²) in [5.41, 5.74) is 0.404. The molecule has 1 heterocycles. The van der Waals surface area contributed by atoms with Crippen LogP contribution in [0.15, 0.2) is 47.4 Å². The van der Waals surface area contributed by atoms with E-state index in [2.05, 4.69) is 5.32 Å². The average Bonchev–Trinajstić information content (AvgIpc) is 3.20. The van der Waals surface area contributed by atoms with Crippen molar-refractivity contribution in [3.05, 3.63) is 48.3 Å². The Kier molecular flexibility index (Phi) is 5.85. The third-order valence-corrected chi connectivity index (χ3v) is 6.48. The summed E-state index contributed by atoms with van der Waals surface area (Å²) in [5, 5.41) is 2.65. The molecule has 0 aromatic heterocycles. The Bertz CT molecular complexity index is 963. The van der Waals surface area contributed by atoms with Gasteiger partial charge in [0.25, 0.3) is 0 Å². The molecule has 0 bridgehead atoms. The summed E-state index contributed by atoms with van der Waals surface area (Å²) in [5.74, 6) is -0.173. The molecule has 1 saturated heterocycles. The summed E-state index contributed by atoms with van der Waals surface area (Å²) in [6, 6.07) is 8.76. The summed E-state index contributed by atoms with van der Waals surface area (Å²) in [7, 11) is -1.03. The van der Waals surface area contributed by atoms with E-state index in [1.807, 2.05) is 0 Å². The summed E-state index contributed by atoms with van der Waals surface area (Å²) < 4.78 is 50.8. The van der Waals surface area contributed by atoms with Crippen molar-refractivity contribution in [3.8, 4) is 11.5 Å². The molecular formula is C19H21FN2O5S. The fourth-order valence-corrected chi connectivity index (χ4v) is 4.83. The number of sulfonamides is 1. The highest BCUT2D eigenvalue weighted by atomic mass is 32.2. The van der Waals surface area contributed by atoms with Gasteiger partial charge in [-0.15, -0.1) is 0 Å². The van der Waals surface area contributed by atoms with Crippen molar-refractivity contribution in [2.24, 2.45) is 0 Å². The lowest BCUT2D eigenvalue weighted by atomic mass is 10.2. The SMILES string of the molecule is COc1ccc(S(=O)(=O)N2CCCC2C(=O)Nc2ccc(F)cc2)cc1OC. The lowest BCUT2D eigenvalue weighted by Crippen LogP contribution is -2.43. The number of ether oxygens (including phenoxy) is 2. The molecule has 1 amide bonds. The molecule has 2 aromatic carbocycles. The van der Waals surface area contributed by atoms with Gasteiger partial charge in [-0.3, -0.25) is 4.79 Å². The number of methoxy groups -OCH3 is 2. The van der Waals surface area contributed by atoms with Gasteiger partial charge in [0.2, 0.25) is 15.9 Å². The number of hydrogen-bond acceptors (Lipinski definition) is 5. The molecule has 1 fully saturated rings. The van der Waals surface area contributed by atoms with Gasteiger partial charge in [0.15, 0.2) is 11.5 Å². The Morgan fingerprint density at radius 2 is 1.79 bits per heavy atom. The van der Waals surface area contributed by atoms with E-state index in [1.165, 1.54) is 61.0 Å². The van der Waals surface area contributed by atoms with Crippen LogP contribution < -0.4 is 14.8 Å².